The second kappa shape index (κ2) is 6.95. The second-order valence-electron chi connectivity index (χ2n) is 4.99. The zero-order chi connectivity index (χ0) is 12.7. The van der Waals surface area contributed by atoms with Gasteiger partial charge in [0.15, 0.2) is 5.15 Å². The summed E-state index contributed by atoms with van der Waals surface area (Å²) < 4.78 is 0. The van der Waals surface area contributed by atoms with E-state index in [9.17, 15) is 0 Å². The van der Waals surface area contributed by atoms with Crippen LogP contribution in [0.2, 0.25) is 5.15 Å². The van der Waals surface area contributed by atoms with Gasteiger partial charge < -0.3 is 0 Å². The molecule has 1 unspecified atom stereocenters. The predicted octanol–water partition coefficient (Wildman–Crippen LogP) is 4.77. The first-order valence-corrected chi connectivity index (χ1v) is 6.99. The molecule has 96 valence electrons. The Morgan fingerprint density at radius 3 is 2.59 bits per heavy atom. The second-order valence-corrected chi connectivity index (χ2v) is 5.38. The Labute approximate surface area is 110 Å². The van der Waals surface area contributed by atoms with Crippen LogP contribution >= 0.6 is 11.6 Å². The summed E-state index contributed by atoms with van der Waals surface area (Å²) in [6.07, 6.45) is 9.37. The molecule has 0 amide bonds. The minimum atomic E-state index is 0.188. The van der Waals surface area contributed by atoms with E-state index >= 15 is 0 Å². The molecule has 0 spiro atoms. The molecule has 0 saturated carbocycles. The molecule has 1 heterocycles. The minimum Gasteiger partial charge on any atom is -0.157 e. The van der Waals surface area contributed by atoms with Gasteiger partial charge in [-0.25, -0.2) is 0 Å². The van der Waals surface area contributed by atoms with Crippen LogP contribution in [-0.2, 0) is 5.41 Å². The van der Waals surface area contributed by atoms with Crippen molar-refractivity contribution >= 4 is 11.6 Å². The molecule has 0 N–H and O–H groups in total. The fourth-order valence-electron chi connectivity index (χ4n) is 2.14. The van der Waals surface area contributed by atoms with Gasteiger partial charge in [0.2, 0.25) is 0 Å². The Morgan fingerprint density at radius 1 is 1.24 bits per heavy atom. The SMILES string of the molecule is CCCCCCC(C)(CC)c1cnnc(Cl)c1. The number of aromatic nitrogens is 2. The number of nitrogens with zero attached hydrogens (tertiary/aromatic N) is 2. The summed E-state index contributed by atoms with van der Waals surface area (Å²) in [5.74, 6) is 0. The van der Waals surface area contributed by atoms with E-state index in [1.165, 1.54) is 37.7 Å². The van der Waals surface area contributed by atoms with Crippen LogP contribution in [0.3, 0.4) is 0 Å². The van der Waals surface area contributed by atoms with Gasteiger partial charge in [-0.15, -0.1) is 5.10 Å². The fourth-order valence-corrected chi connectivity index (χ4v) is 2.30. The summed E-state index contributed by atoms with van der Waals surface area (Å²) in [5.41, 5.74) is 1.41. The van der Waals surface area contributed by atoms with Crippen molar-refractivity contribution in [3.63, 3.8) is 0 Å². The van der Waals surface area contributed by atoms with Crippen molar-refractivity contribution in [2.45, 2.75) is 64.7 Å². The van der Waals surface area contributed by atoms with Crippen molar-refractivity contribution in [1.29, 1.82) is 0 Å². The molecule has 0 radical (unpaired) electrons. The van der Waals surface area contributed by atoms with Crippen LogP contribution in [0.4, 0.5) is 0 Å². The Morgan fingerprint density at radius 2 is 2.00 bits per heavy atom. The summed E-state index contributed by atoms with van der Waals surface area (Å²) in [4.78, 5) is 0. The maximum atomic E-state index is 5.92. The van der Waals surface area contributed by atoms with Crippen LogP contribution in [0.1, 0.15) is 64.9 Å². The van der Waals surface area contributed by atoms with Crippen LogP contribution in [0.5, 0.6) is 0 Å². The topological polar surface area (TPSA) is 25.8 Å². The highest BCUT2D eigenvalue weighted by Crippen LogP contribution is 2.33. The Hall–Kier alpha value is -0.630. The number of halogens is 1. The van der Waals surface area contributed by atoms with E-state index in [4.69, 9.17) is 11.6 Å². The maximum absolute atomic E-state index is 5.92. The predicted molar refractivity (Wildman–Crippen MR) is 73.4 cm³/mol. The van der Waals surface area contributed by atoms with Gasteiger partial charge in [-0.2, -0.15) is 5.10 Å². The van der Waals surface area contributed by atoms with Crippen molar-refractivity contribution in [1.82, 2.24) is 10.2 Å². The monoisotopic (exact) mass is 254 g/mol. The van der Waals surface area contributed by atoms with Gasteiger partial charge in [0.05, 0.1) is 6.20 Å². The smallest absolute Gasteiger partial charge is 0.152 e. The lowest BCUT2D eigenvalue weighted by Gasteiger charge is -2.28. The van der Waals surface area contributed by atoms with E-state index in [1.54, 1.807) is 0 Å². The molecule has 3 heteroatoms. The average molecular weight is 255 g/mol. The zero-order valence-electron chi connectivity index (χ0n) is 11.2. The first kappa shape index (κ1) is 14.4. The molecular formula is C14H23ClN2. The highest BCUT2D eigenvalue weighted by molar-refractivity contribution is 6.29. The van der Waals surface area contributed by atoms with E-state index in [0.29, 0.717) is 5.15 Å². The van der Waals surface area contributed by atoms with E-state index in [-0.39, 0.29) is 5.41 Å². The lowest BCUT2D eigenvalue weighted by molar-refractivity contribution is 0.394. The molecule has 17 heavy (non-hydrogen) atoms. The molecule has 1 aromatic rings. The molecular weight excluding hydrogens is 232 g/mol. The van der Waals surface area contributed by atoms with Gasteiger partial charge in [-0.05, 0) is 29.9 Å². The Balaban J connectivity index is 2.67. The molecule has 0 aromatic carbocycles. The third kappa shape index (κ3) is 4.27. The summed E-state index contributed by atoms with van der Waals surface area (Å²) in [7, 11) is 0. The van der Waals surface area contributed by atoms with Crippen LogP contribution in [0, 0.1) is 0 Å². The highest BCUT2D eigenvalue weighted by Gasteiger charge is 2.24. The minimum absolute atomic E-state index is 0.188. The van der Waals surface area contributed by atoms with Gasteiger partial charge in [-0.1, -0.05) is 58.1 Å². The number of unbranched alkanes of at least 4 members (excludes halogenated alkanes) is 3. The molecule has 0 bridgehead atoms. The first-order chi connectivity index (χ1) is 8.12. The van der Waals surface area contributed by atoms with E-state index in [2.05, 4.69) is 31.0 Å². The fraction of sp³-hybridized carbons (Fsp3) is 0.714. The summed E-state index contributed by atoms with van der Waals surface area (Å²) in [6, 6.07) is 1.96. The zero-order valence-corrected chi connectivity index (χ0v) is 11.9. The lowest BCUT2D eigenvalue weighted by Crippen LogP contribution is -2.21. The van der Waals surface area contributed by atoms with Crippen molar-refractivity contribution in [3.05, 3.63) is 23.0 Å². The summed E-state index contributed by atoms with van der Waals surface area (Å²) in [5, 5.41) is 8.27. The molecule has 1 rings (SSSR count). The van der Waals surface area contributed by atoms with Gasteiger partial charge >= 0.3 is 0 Å². The van der Waals surface area contributed by atoms with Crippen LogP contribution in [0.25, 0.3) is 0 Å². The quantitative estimate of drug-likeness (QED) is 0.655. The number of hydrogen-bond acceptors (Lipinski definition) is 2. The molecule has 0 fully saturated rings. The van der Waals surface area contributed by atoms with Gasteiger partial charge in [0.1, 0.15) is 0 Å². The van der Waals surface area contributed by atoms with Crippen molar-refractivity contribution in [2.75, 3.05) is 0 Å². The maximum Gasteiger partial charge on any atom is 0.152 e. The largest absolute Gasteiger partial charge is 0.157 e. The molecule has 0 aliphatic carbocycles. The van der Waals surface area contributed by atoms with E-state index in [1.807, 2.05) is 12.3 Å². The summed E-state index contributed by atoms with van der Waals surface area (Å²) >= 11 is 5.92. The van der Waals surface area contributed by atoms with Crippen LogP contribution in [-0.4, -0.2) is 10.2 Å². The molecule has 1 aromatic heterocycles. The average Bonchev–Trinajstić information content (AvgIpc) is 2.34. The van der Waals surface area contributed by atoms with E-state index in [0.717, 1.165) is 6.42 Å². The molecule has 1 atom stereocenters. The normalized spacial score (nSPS) is 14.6. The van der Waals surface area contributed by atoms with Crippen molar-refractivity contribution < 1.29 is 0 Å². The molecule has 0 aliphatic rings. The highest BCUT2D eigenvalue weighted by atomic mass is 35.5. The standard InChI is InChI=1S/C14H23ClN2/c1-4-6-7-8-9-14(3,5-2)12-10-13(15)17-16-11-12/h10-11H,4-9H2,1-3H3. The van der Waals surface area contributed by atoms with E-state index < -0.39 is 0 Å². The Kier molecular flexibility index (Phi) is 5.90. The van der Waals surface area contributed by atoms with Crippen LogP contribution < -0.4 is 0 Å². The third-order valence-electron chi connectivity index (χ3n) is 3.68. The van der Waals surface area contributed by atoms with Crippen molar-refractivity contribution in [2.24, 2.45) is 0 Å². The third-order valence-corrected chi connectivity index (χ3v) is 3.87. The molecule has 0 saturated heterocycles. The van der Waals surface area contributed by atoms with Crippen LogP contribution in [0.15, 0.2) is 12.3 Å². The van der Waals surface area contributed by atoms with Crippen molar-refractivity contribution in [3.8, 4) is 0 Å². The van der Waals surface area contributed by atoms with Gasteiger partial charge in [-0.3, -0.25) is 0 Å². The van der Waals surface area contributed by atoms with Gasteiger partial charge in [0, 0.05) is 0 Å². The number of hydrogen-bond donors (Lipinski definition) is 0. The molecule has 0 aliphatic heterocycles. The Bertz CT molecular complexity index is 341. The lowest BCUT2D eigenvalue weighted by atomic mass is 9.77. The molecule has 2 nitrogen and oxygen atoms in total. The number of rotatable bonds is 7. The first-order valence-electron chi connectivity index (χ1n) is 6.61. The van der Waals surface area contributed by atoms with Gasteiger partial charge in [0.25, 0.3) is 0 Å². The summed E-state index contributed by atoms with van der Waals surface area (Å²) in [6.45, 7) is 6.77.